The van der Waals surface area contributed by atoms with E-state index in [2.05, 4.69) is 4.98 Å². The number of thioether (sulfide) groups is 1. The van der Waals surface area contributed by atoms with Crippen molar-refractivity contribution in [2.45, 2.75) is 11.1 Å². The smallest absolute Gasteiger partial charge is 0.0993 e. The second kappa shape index (κ2) is 5.60. The van der Waals surface area contributed by atoms with Gasteiger partial charge in [0.15, 0.2) is 0 Å². The van der Waals surface area contributed by atoms with Gasteiger partial charge in [-0.15, -0.1) is 11.8 Å². The lowest BCUT2D eigenvalue weighted by Crippen LogP contribution is -2.14. The minimum Gasteiger partial charge on any atom is -0.394 e. The summed E-state index contributed by atoms with van der Waals surface area (Å²) >= 11 is 1.31. The maximum Gasteiger partial charge on any atom is 0.0993 e. The highest BCUT2D eigenvalue weighted by Crippen LogP contribution is 2.16. The van der Waals surface area contributed by atoms with Gasteiger partial charge in [-0.3, -0.25) is 0 Å². The molecular formula is C9H10N2O2S. The van der Waals surface area contributed by atoms with Gasteiger partial charge in [0.05, 0.1) is 29.4 Å². The Hall–Kier alpha value is -1.09. The van der Waals surface area contributed by atoms with Crippen LogP contribution in [0.2, 0.25) is 0 Å². The molecule has 0 saturated heterocycles. The Morgan fingerprint density at radius 2 is 2.43 bits per heavy atom. The SMILES string of the molecule is N#Cc1ccnc(SC[C@H](O)CO)c1. The molecule has 0 aliphatic rings. The minimum absolute atomic E-state index is 0.259. The minimum atomic E-state index is -0.743. The van der Waals surface area contributed by atoms with Gasteiger partial charge in [0, 0.05) is 11.9 Å². The second-order valence-corrected chi connectivity index (χ2v) is 3.68. The summed E-state index contributed by atoms with van der Waals surface area (Å²) in [6, 6.07) is 5.27. The summed E-state index contributed by atoms with van der Waals surface area (Å²) in [6.07, 6.45) is 0.805. The quantitative estimate of drug-likeness (QED) is 0.703. The van der Waals surface area contributed by atoms with E-state index in [-0.39, 0.29) is 6.61 Å². The van der Waals surface area contributed by atoms with Crippen LogP contribution >= 0.6 is 11.8 Å². The Kier molecular flexibility index (Phi) is 4.40. The highest BCUT2D eigenvalue weighted by molar-refractivity contribution is 7.99. The zero-order valence-corrected chi connectivity index (χ0v) is 8.24. The van der Waals surface area contributed by atoms with E-state index < -0.39 is 6.10 Å². The predicted molar refractivity (Wildman–Crippen MR) is 52.8 cm³/mol. The van der Waals surface area contributed by atoms with Gasteiger partial charge < -0.3 is 10.2 Å². The van der Waals surface area contributed by atoms with E-state index in [0.717, 1.165) is 0 Å². The van der Waals surface area contributed by atoms with Crippen LogP contribution < -0.4 is 0 Å². The molecule has 1 rings (SSSR count). The van der Waals surface area contributed by atoms with E-state index in [4.69, 9.17) is 15.5 Å². The monoisotopic (exact) mass is 210 g/mol. The summed E-state index contributed by atoms with van der Waals surface area (Å²) in [5.41, 5.74) is 0.543. The van der Waals surface area contributed by atoms with Crippen LogP contribution in [0.25, 0.3) is 0 Å². The molecule has 1 aromatic rings. The fourth-order valence-electron chi connectivity index (χ4n) is 0.792. The number of nitriles is 1. The number of hydrogen-bond acceptors (Lipinski definition) is 5. The van der Waals surface area contributed by atoms with Gasteiger partial charge >= 0.3 is 0 Å². The van der Waals surface area contributed by atoms with E-state index >= 15 is 0 Å². The number of aliphatic hydroxyl groups is 2. The molecule has 74 valence electrons. The number of pyridine rings is 1. The van der Waals surface area contributed by atoms with Crippen LogP contribution in [0, 0.1) is 11.3 Å². The van der Waals surface area contributed by atoms with E-state index in [0.29, 0.717) is 16.3 Å². The van der Waals surface area contributed by atoms with E-state index in [1.165, 1.54) is 11.8 Å². The predicted octanol–water partition coefficient (Wildman–Crippen LogP) is 0.399. The van der Waals surface area contributed by atoms with E-state index in [9.17, 15) is 0 Å². The van der Waals surface area contributed by atoms with Crippen LogP contribution in [0.3, 0.4) is 0 Å². The van der Waals surface area contributed by atoms with Crippen molar-refractivity contribution in [3.63, 3.8) is 0 Å². The van der Waals surface area contributed by atoms with Gasteiger partial charge in [0.2, 0.25) is 0 Å². The lowest BCUT2D eigenvalue weighted by atomic mass is 10.3. The maximum absolute atomic E-state index is 9.08. The summed E-state index contributed by atoms with van der Waals surface area (Å²) in [7, 11) is 0. The Balaban J connectivity index is 2.55. The molecule has 0 aliphatic carbocycles. The van der Waals surface area contributed by atoms with Crippen molar-refractivity contribution >= 4 is 11.8 Å². The molecule has 0 spiro atoms. The van der Waals surface area contributed by atoms with Crippen molar-refractivity contribution in [3.8, 4) is 6.07 Å². The Morgan fingerprint density at radius 3 is 3.07 bits per heavy atom. The van der Waals surface area contributed by atoms with Crippen LogP contribution in [0.5, 0.6) is 0 Å². The van der Waals surface area contributed by atoms with Crippen molar-refractivity contribution in [1.29, 1.82) is 5.26 Å². The number of aliphatic hydroxyl groups excluding tert-OH is 2. The molecule has 0 aliphatic heterocycles. The number of nitrogens with zero attached hydrogens (tertiary/aromatic N) is 2. The normalized spacial score (nSPS) is 12.1. The molecule has 4 nitrogen and oxygen atoms in total. The molecule has 2 N–H and O–H groups in total. The number of rotatable bonds is 4. The highest BCUT2D eigenvalue weighted by atomic mass is 32.2. The van der Waals surface area contributed by atoms with Crippen LogP contribution in [-0.4, -0.2) is 33.7 Å². The lowest BCUT2D eigenvalue weighted by molar-refractivity contribution is 0.113. The summed E-state index contributed by atoms with van der Waals surface area (Å²) in [5.74, 6) is 0.373. The molecule has 0 unspecified atom stereocenters. The van der Waals surface area contributed by atoms with Crippen molar-refractivity contribution < 1.29 is 10.2 Å². The molecule has 0 radical (unpaired) electrons. The summed E-state index contributed by atoms with van der Waals surface area (Å²) in [6.45, 7) is -0.259. The third-order valence-corrected chi connectivity index (χ3v) is 2.57. The van der Waals surface area contributed by atoms with Crippen molar-refractivity contribution in [3.05, 3.63) is 23.9 Å². The van der Waals surface area contributed by atoms with Gasteiger partial charge in [0.25, 0.3) is 0 Å². The third-order valence-electron chi connectivity index (χ3n) is 1.50. The fourth-order valence-corrected chi connectivity index (χ4v) is 1.61. The summed E-state index contributed by atoms with van der Waals surface area (Å²) in [5, 5.41) is 26.9. The lowest BCUT2D eigenvalue weighted by Gasteiger charge is -2.05. The van der Waals surface area contributed by atoms with E-state index in [1.807, 2.05) is 6.07 Å². The molecule has 1 heterocycles. The Bertz CT molecular complexity index is 338. The third kappa shape index (κ3) is 3.34. The van der Waals surface area contributed by atoms with Crippen molar-refractivity contribution in [2.75, 3.05) is 12.4 Å². The zero-order chi connectivity index (χ0) is 10.4. The molecule has 0 saturated carbocycles. The molecule has 1 aromatic heterocycles. The summed E-state index contributed by atoms with van der Waals surface area (Å²) in [4.78, 5) is 4.01. The maximum atomic E-state index is 9.08. The molecule has 0 fully saturated rings. The van der Waals surface area contributed by atoms with Gasteiger partial charge in [0.1, 0.15) is 0 Å². The molecule has 0 bridgehead atoms. The number of hydrogen-bond donors (Lipinski definition) is 2. The first-order valence-electron chi connectivity index (χ1n) is 4.04. The molecule has 0 aromatic carbocycles. The van der Waals surface area contributed by atoms with Crippen molar-refractivity contribution in [2.24, 2.45) is 0 Å². The Morgan fingerprint density at radius 1 is 1.64 bits per heavy atom. The topological polar surface area (TPSA) is 77.1 Å². The highest BCUT2D eigenvalue weighted by Gasteiger charge is 2.04. The molecular weight excluding hydrogens is 200 g/mol. The first-order valence-corrected chi connectivity index (χ1v) is 5.02. The van der Waals surface area contributed by atoms with Crippen LogP contribution in [-0.2, 0) is 0 Å². The largest absolute Gasteiger partial charge is 0.394 e. The number of aromatic nitrogens is 1. The first-order chi connectivity index (χ1) is 6.76. The van der Waals surface area contributed by atoms with Crippen molar-refractivity contribution in [1.82, 2.24) is 4.98 Å². The molecule has 5 heteroatoms. The summed E-state index contributed by atoms with van der Waals surface area (Å²) < 4.78 is 0. The zero-order valence-electron chi connectivity index (χ0n) is 7.42. The molecule has 0 amide bonds. The average molecular weight is 210 g/mol. The van der Waals surface area contributed by atoms with E-state index in [1.54, 1.807) is 18.3 Å². The molecule has 14 heavy (non-hydrogen) atoms. The van der Waals surface area contributed by atoms with Crippen LogP contribution in [0.4, 0.5) is 0 Å². The van der Waals surface area contributed by atoms with Gasteiger partial charge in [-0.05, 0) is 12.1 Å². The average Bonchev–Trinajstić information content (AvgIpc) is 2.26. The van der Waals surface area contributed by atoms with Crippen LogP contribution in [0.1, 0.15) is 5.56 Å². The Labute approximate surface area is 86.2 Å². The van der Waals surface area contributed by atoms with Gasteiger partial charge in [-0.1, -0.05) is 0 Å². The second-order valence-electron chi connectivity index (χ2n) is 2.64. The molecule has 1 atom stereocenters. The van der Waals surface area contributed by atoms with Gasteiger partial charge in [-0.2, -0.15) is 5.26 Å². The first kappa shape index (κ1) is 11.0. The van der Waals surface area contributed by atoms with Crippen LogP contribution in [0.15, 0.2) is 23.4 Å². The van der Waals surface area contributed by atoms with Gasteiger partial charge in [-0.25, -0.2) is 4.98 Å². The standard InChI is InChI=1S/C9H10N2O2S/c10-4-7-1-2-11-9(3-7)14-6-8(13)5-12/h1-3,8,12-13H,5-6H2/t8-/m1/s1. The fraction of sp³-hybridized carbons (Fsp3) is 0.333.